The van der Waals surface area contributed by atoms with E-state index in [1.165, 1.54) is 10.8 Å². The molecule has 0 unspecified atom stereocenters. The zero-order valence-electron chi connectivity index (χ0n) is 9.45. The van der Waals surface area contributed by atoms with Crippen LogP contribution >= 0.6 is 22.7 Å². The maximum absolute atomic E-state index is 13.6. The Balaban J connectivity index is 2.53. The molecule has 2 aromatic heterocycles. The van der Waals surface area contributed by atoms with E-state index in [1.807, 2.05) is 0 Å². The molecule has 0 atom stereocenters. The van der Waals surface area contributed by atoms with E-state index < -0.39 is 28.8 Å². The Morgan fingerprint density at radius 3 is 1.81 bits per heavy atom. The molecule has 2 rings (SSSR count). The number of alkyl halides is 9. The van der Waals surface area contributed by atoms with E-state index in [-0.39, 0.29) is 21.4 Å². The van der Waals surface area contributed by atoms with E-state index in [2.05, 4.69) is 0 Å². The van der Waals surface area contributed by atoms with E-state index in [9.17, 15) is 39.5 Å². The minimum Gasteiger partial charge on any atom is -0.193 e. The van der Waals surface area contributed by atoms with Crippen LogP contribution in [0.15, 0.2) is 16.8 Å². The van der Waals surface area contributed by atoms with E-state index in [4.69, 9.17) is 0 Å². The first-order valence-corrected chi connectivity index (χ1v) is 6.74. The van der Waals surface area contributed by atoms with Gasteiger partial charge in [0.05, 0.1) is 4.88 Å². The number of rotatable bonds is 3. The van der Waals surface area contributed by atoms with Crippen molar-refractivity contribution in [2.75, 3.05) is 0 Å². The number of hydrogen-bond donors (Lipinski definition) is 0. The largest absolute Gasteiger partial charge is 0.460 e. The molecule has 0 aliphatic carbocycles. The second-order valence-electron chi connectivity index (χ2n) is 4.02. The summed E-state index contributed by atoms with van der Waals surface area (Å²) in [5, 5.41) is 2.65. The van der Waals surface area contributed by atoms with Crippen LogP contribution in [-0.2, 0) is 5.92 Å². The van der Waals surface area contributed by atoms with Crippen LogP contribution in [0.5, 0.6) is 0 Å². The van der Waals surface area contributed by atoms with Gasteiger partial charge in [0.15, 0.2) is 0 Å². The molecule has 0 aromatic carbocycles. The Hall–Kier alpha value is -0.970. The molecule has 0 radical (unpaired) electrons. The van der Waals surface area contributed by atoms with Crippen LogP contribution in [-0.4, -0.2) is 18.0 Å². The molecule has 2 aromatic rings. The Morgan fingerprint density at radius 1 is 0.762 bits per heavy atom. The van der Waals surface area contributed by atoms with Crippen molar-refractivity contribution in [2.45, 2.75) is 23.9 Å². The number of thiophene rings is 2. The highest BCUT2D eigenvalue weighted by atomic mass is 32.1. The molecular formula is C10H3F9S2. The van der Waals surface area contributed by atoms with E-state index >= 15 is 0 Å². The highest BCUT2D eigenvalue weighted by Gasteiger charge is 2.82. The van der Waals surface area contributed by atoms with Gasteiger partial charge in [-0.05, 0) is 11.4 Å². The fraction of sp³-hybridized carbons (Fsp3) is 0.400. The van der Waals surface area contributed by atoms with Gasteiger partial charge >= 0.3 is 23.9 Å². The van der Waals surface area contributed by atoms with Crippen LogP contribution in [0.4, 0.5) is 39.5 Å². The van der Waals surface area contributed by atoms with Crippen molar-refractivity contribution in [3.8, 4) is 0 Å². The van der Waals surface area contributed by atoms with Crippen molar-refractivity contribution in [1.82, 2.24) is 0 Å². The molecule has 11 heteroatoms. The fourth-order valence-electron chi connectivity index (χ4n) is 1.46. The smallest absolute Gasteiger partial charge is 0.193 e. The monoisotopic (exact) mass is 358 g/mol. The van der Waals surface area contributed by atoms with Crippen LogP contribution in [0.25, 0.3) is 10.1 Å². The number of hydrogen-bond acceptors (Lipinski definition) is 2. The first-order valence-electron chi connectivity index (χ1n) is 4.99. The molecular weight excluding hydrogens is 355 g/mol. The van der Waals surface area contributed by atoms with Crippen LogP contribution in [0, 0.1) is 0 Å². The molecule has 0 spiro atoms. The Kier molecular flexibility index (Phi) is 3.52. The molecule has 0 amide bonds. The van der Waals surface area contributed by atoms with Crippen LogP contribution in [0.2, 0.25) is 0 Å². The summed E-state index contributed by atoms with van der Waals surface area (Å²) in [7, 11) is 0. The second kappa shape index (κ2) is 4.51. The summed E-state index contributed by atoms with van der Waals surface area (Å²) in [6.45, 7) is 0. The lowest BCUT2D eigenvalue weighted by Crippen LogP contribution is -2.59. The number of halogens is 9. The summed E-state index contributed by atoms with van der Waals surface area (Å²) in [6.07, 6.45) is -6.80. The van der Waals surface area contributed by atoms with Gasteiger partial charge in [-0.15, -0.1) is 11.3 Å². The van der Waals surface area contributed by atoms with Gasteiger partial charge in [-0.25, -0.2) is 0 Å². The first kappa shape index (κ1) is 16.4. The minimum absolute atomic E-state index is 0.0442. The average Bonchev–Trinajstić information content (AvgIpc) is 2.86. The van der Waals surface area contributed by atoms with Gasteiger partial charge in [0, 0.05) is 15.5 Å². The summed E-state index contributed by atoms with van der Waals surface area (Å²) in [5.41, 5.74) is 0. The summed E-state index contributed by atoms with van der Waals surface area (Å²) >= 11 is 1.09. The van der Waals surface area contributed by atoms with Gasteiger partial charge in [-0.1, -0.05) is 0 Å². The standard InChI is InChI=1S/C10H3F9S2/c11-7(12,6-1-4-2-20-3-5(4)21-6)8(13,14)9(15,16)10(17,18)19/h1-3H. The molecule has 21 heavy (non-hydrogen) atoms. The predicted octanol–water partition coefficient (Wildman–Crippen LogP) is 5.89. The van der Waals surface area contributed by atoms with Crippen molar-refractivity contribution in [3.05, 3.63) is 21.7 Å². The molecule has 2 heterocycles. The lowest BCUT2D eigenvalue weighted by atomic mass is 10.0. The van der Waals surface area contributed by atoms with Crippen molar-refractivity contribution < 1.29 is 39.5 Å². The Morgan fingerprint density at radius 2 is 1.33 bits per heavy atom. The zero-order chi connectivity index (χ0) is 16.3. The normalized spacial score (nSPS) is 14.9. The van der Waals surface area contributed by atoms with E-state index in [0.717, 1.165) is 11.3 Å². The van der Waals surface area contributed by atoms with Gasteiger partial charge in [0.2, 0.25) is 0 Å². The second-order valence-corrected chi connectivity index (χ2v) is 5.85. The molecule has 0 aliphatic heterocycles. The highest BCUT2D eigenvalue weighted by molar-refractivity contribution is 7.22. The van der Waals surface area contributed by atoms with Crippen molar-refractivity contribution >= 4 is 32.8 Å². The van der Waals surface area contributed by atoms with Gasteiger partial charge < -0.3 is 0 Å². The summed E-state index contributed by atoms with van der Waals surface area (Å²) in [4.78, 5) is -1.55. The highest BCUT2D eigenvalue weighted by Crippen LogP contribution is 2.57. The van der Waals surface area contributed by atoms with Crippen LogP contribution in [0.3, 0.4) is 0 Å². The third-order valence-corrected chi connectivity index (χ3v) is 4.69. The minimum atomic E-state index is -6.86. The predicted molar refractivity (Wildman–Crippen MR) is 59.5 cm³/mol. The van der Waals surface area contributed by atoms with Crippen molar-refractivity contribution in [3.63, 3.8) is 0 Å². The summed E-state index contributed by atoms with van der Waals surface area (Å²) in [6, 6.07) is 0.483. The zero-order valence-corrected chi connectivity index (χ0v) is 11.1. The third kappa shape index (κ3) is 2.20. The molecule has 0 fully saturated rings. The molecule has 0 saturated carbocycles. The maximum Gasteiger partial charge on any atom is 0.460 e. The first-order chi connectivity index (χ1) is 9.32. The lowest BCUT2D eigenvalue weighted by molar-refractivity contribution is -0.399. The van der Waals surface area contributed by atoms with Gasteiger partial charge in [0.1, 0.15) is 0 Å². The van der Waals surface area contributed by atoms with Crippen molar-refractivity contribution in [1.29, 1.82) is 0 Å². The molecule has 0 bridgehead atoms. The molecule has 0 aliphatic rings. The lowest BCUT2D eigenvalue weighted by Gasteiger charge is -2.33. The Labute approximate surface area is 118 Å². The van der Waals surface area contributed by atoms with Gasteiger partial charge in [-0.3, -0.25) is 0 Å². The topological polar surface area (TPSA) is 0 Å². The summed E-state index contributed by atoms with van der Waals surface area (Å²) < 4.78 is 115. The Bertz CT molecular complexity index is 620. The SMILES string of the molecule is FC(F)(F)C(F)(F)C(F)(F)C(F)(F)c1cc2cscc2s1. The van der Waals surface area contributed by atoms with Crippen LogP contribution in [0.1, 0.15) is 4.88 Å². The molecule has 0 nitrogen and oxygen atoms in total. The molecule has 0 saturated heterocycles. The van der Waals surface area contributed by atoms with E-state index in [0.29, 0.717) is 6.07 Å². The van der Waals surface area contributed by atoms with Crippen LogP contribution < -0.4 is 0 Å². The van der Waals surface area contributed by atoms with Gasteiger partial charge in [-0.2, -0.15) is 50.9 Å². The number of fused-ring (bicyclic) bond motifs is 1. The summed E-state index contributed by atoms with van der Waals surface area (Å²) in [5.74, 6) is -19.1. The van der Waals surface area contributed by atoms with Gasteiger partial charge in [0.25, 0.3) is 0 Å². The quantitative estimate of drug-likeness (QED) is 0.601. The maximum atomic E-state index is 13.6. The third-order valence-electron chi connectivity index (χ3n) is 2.62. The molecule has 0 N–H and O–H groups in total. The molecule has 118 valence electrons. The van der Waals surface area contributed by atoms with E-state index in [1.54, 1.807) is 0 Å². The fourth-order valence-corrected chi connectivity index (χ4v) is 3.48. The average molecular weight is 358 g/mol. The van der Waals surface area contributed by atoms with Crippen molar-refractivity contribution in [2.24, 2.45) is 0 Å².